The molecule has 7 nitrogen and oxygen atoms in total. The number of sulfonamides is 1. The van der Waals surface area contributed by atoms with Gasteiger partial charge >= 0.3 is 0 Å². The van der Waals surface area contributed by atoms with Gasteiger partial charge in [0.25, 0.3) is 5.91 Å². The van der Waals surface area contributed by atoms with Crippen molar-refractivity contribution in [1.82, 2.24) is 14.4 Å². The molecule has 3 rings (SSSR count). The van der Waals surface area contributed by atoms with E-state index in [1.807, 2.05) is 0 Å². The van der Waals surface area contributed by atoms with Crippen molar-refractivity contribution in [2.45, 2.75) is 31.2 Å². The molecule has 0 saturated carbocycles. The highest BCUT2D eigenvalue weighted by Crippen LogP contribution is 2.39. The van der Waals surface area contributed by atoms with Crippen LogP contribution in [0.15, 0.2) is 16.8 Å². The van der Waals surface area contributed by atoms with Crippen molar-refractivity contribution in [3.8, 4) is 0 Å². The Morgan fingerprint density at radius 3 is 2.67 bits per heavy atom. The summed E-state index contributed by atoms with van der Waals surface area (Å²) in [5, 5.41) is 3.55. The highest BCUT2D eigenvalue weighted by molar-refractivity contribution is 7.88. The summed E-state index contributed by atoms with van der Waals surface area (Å²) in [4.78, 5) is 14.1. The van der Waals surface area contributed by atoms with Gasteiger partial charge < -0.3 is 9.42 Å². The molecule has 0 bridgehead atoms. The van der Waals surface area contributed by atoms with E-state index in [0.29, 0.717) is 19.6 Å². The van der Waals surface area contributed by atoms with Crippen molar-refractivity contribution in [3.05, 3.63) is 18.0 Å². The molecule has 8 heteroatoms. The average molecular weight is 313 g/mol. The third-order valence-corrected chi connectivity index (χ3v) is 5.79. The normalized spacial score (nSPS) is 27.4. The number of carbonyl (C=O) groups is 1. The third kappa shape index (κ3) is 2.57. The van der Waals surface area contributed by atoms with Gasteiger partial charge in [0.1, 0.15) is 0 Å². The quantitative estimate of drug-likeness (QED) is 0.802. The lowest BCUT2D eigenvalue weighted by molar-refractivity contribution is 0.0488. The summed E-state index contributed by atoms with van der Waals surface area (Å²) >= 11 is 0. The van der Waals surface area contributed by atoms with E-state index in [2.05, 4.69) is 5.16 Å². The fraction of sp³-hybridized carbons (Fsp3) is 0.692. The maximum atomic E-state index is 12.4. The molecule has 2 aliphatic heterocycles. The molecule has 0 aliphatic carbocycles. The smallest absolute Gasteiger partial charge is 0.292 e. The highest BCUT2D eigenvalue weighted by atomic mass is 32.2. The summed E-state index contributed by atoms with van der Waals surface area (Å²) < 4.78 is 30.5. The van der Waals surface area contributed by atoms with Crippen LogP contribution < -0.4 is 0 Å². The second-order valence-electron chi connectivity index (χ2n) is 5.87. The number of amides is 1. The summed E-state index contributed by atoms with van der Waals surface area (Å²) in [5.41, 5.74) is -0.443. The maximum absolute atomic E-state index is 12.4. The van der Waals surface area contributed by atoms with E-state index in [1.54, 1.807) is 9.21 Å². The lowest BCUT2D eigenvalue weighted by Crippen LogP contribution is -2.58. The number of hydrogen-bond donors (Lipinski definition) is 0. The lowest BCUT2D eigenvalue weighted by Gasteiger charge is -2.44. The number of rotatable bonds is 2. The van der Waals surface area contributed by atoms with Crippen LogP contribution in [-0.4, -0.2) is 60.1 Å². The topological polar surface area (TPSA) is 83.7 Å². The van der Waals surface area contributed by atoms with Gasteiger partial charge in [0.15, 0.2) is 0 Å². The number of piperidine rings is 1. The second kappa shape index (κ2) is 5.10. The van der Waals surface area contributed by atoms with Gasteiger partial charge in [0.05, 0.1) is 18.0 Å². The number of nitrogens with zero attached hydrogens (tertiary/aromatic N) is 3. The molecule has 2 fully saturated rings. The van der Waals surface area contributed by atoms with Gasteiger partial charge in [-0.15, -0.1) is 0 Å². The van der Waals surface area contributed by atoms with Gasteiger partial charge in [-0.05, 0) is 25.7 Å². The Hall–Kier alpha value is -1.41. The van der Waals surface area contributed by atoms with Crippen LogP contribution in [0, 0.1) is 0 Å². The van der Waals surface area contributed by atoms with Crippen molar-refractivity contribution in [2.75, 3.05) is 25.9 Å². The largest absolute Gasteiger partial charge is 0.351 e. The van der Waals surface area contributed by atoms with Gasteiger partial charge in [-0.2, -0.15) is 4.31 Å². The molecule has 1 unspecified atom stereocenters. The molecule has 116 valence electrons. The molecule has 0 N–H and O–H groups in total. The van der Waals surface area contributed by atoms with Crippen molar-refractivity contribution >= 4 is 15.9 Å². The van der Waals surface area contributed by atoms with Crippen LogP contribution in [0.4, 0.5) is 0 Å². The third-order valence-electron chi connectivity index (χ3n) is 4.42. The first kappa shape index (κ1) is 14.5. The highest BCUT2D eigenvalue weighted by Gasteiger charge is 2.48. The summed E-state index contributed by atoms with van der Waals surface area (Å²) in [6, 6.07) is 1.53. The average Bonchev–Trinajstić information content (AvgIpc) is 3.07. The van der Waals surface area contributed by atoms with E-state index >= 15 is 0 Å². The zero-order valence-corrected chi connectivity index (χ0v) is 12.8. The molecule has 1 spiro atoms. The fourth-order valence-corrected chi connectivity index (χ4v) is 5.01. The Morgan fingerprint density at radius 2 is 2.05 bits per heavy atom. The van der Waals surface area contributed by atoms with E-state index in [4.69, 9.17) is 4.52 Å². The van der Waals surface area contributed by atoms with E-state index < -0.39 is 15.6 Å². The predicted molar refractivity (Wildman–Crippen MR) is 75.2 cm³/mol. The molecule has 1 aromatic rings. The van der Waals surface area contributed by atoms with Crippen LogP contribution in [0.25, 0.3) is 0 Å². The second-order valence-corrected chi connectivity index (χ2v) is 7.78. The first-order valence-electron chi connectivity index (χ1n) is 7.10. The fourth-order valence-electron chi connectivity index (χ4n) is 3.61. The maximum Gasteiger partial charge on any atom is 0.292 e. The molecule has 21 heavy (non-hydrogen) atoms. The molecule has 0 aromatic carbocycles. The van der Waals surface area contributed by atoms with Crippen molar-refractivity contribution in [2.24, 2.45) is 0 Å². The van der Waals surface area contributed by atoms with E-state index in [1.165, 1.54) is 18.5 Å². The first-order chi connectivity index (χ1) is 9.92. The Kier molecular flexibility index (Phi) is 3.53. The monoisotopic (exact) mass is 313 g/mol. The van der Waals surface area contributed by atoms with Crippen LogP contribution in [0.1, 0.15) is 36.2 Å². The van der Waals surface area contributed by atoms with Crippen LogP contribution in [0.3, 0.4) is 0 Å². The van der Waals surface area contributed by atoms with Crippen LogP contribution in [-0.2, 0) is 10.0 Å². The minimum absolute atomic E-state index is 0.205. The van der Waals surface area contributed by atoms with E-state index in [9.17, 15) is 13.2 Å². The molecular formula is C13H19N3O4S. The van der Waals surface area contributed by atoms with E-state index in [0.717, 1.165) is 25.7 Å². The first-order valence-corrected chi connectivity index (χ1v) is 8.95. The van der Waals surface area contributed by atoms with E-state index in [-0.39, 0.29) is 11.7 Å². The molecule has 0 radical (unpaired) electrons. The molecule has 3 heterocycles. The number of carbonyl (C=O) groups excluding carboxylic acids is 1. The Labute approximate surface area is 123 Å². The minimum Gasteiger partial charge on any atom is -0.351 e. The van der Waals surface area contributed by atoms with Gasteiger partial charge in [0.2, 0.25) is 15.8 Å². The van der Waals surface area contributed by atoms with Gasteiger partial charge in [0, 0.05) is 25.7 Å². The molecule has 1 aromatic heterocycles. The number of aromatic nitrogens is 1. The van der Waals surface area contributed by atoms with Gasteiger partial charge in [-0.25, -0.2) is 8.42 Å². The summed E-state index contributed by atoms with van der Waals surface area (Å²) in [6.45, 7) is 1.60. The summed E-state index contributed by atoms with van der Waals surface area (Å²) in [6.07, 6.45) is 5.94. The molecule has 1 atom stereocenters. The van der Waals surface area contributed by atoms with Crippen molar-refractivity contribution < 1.29 is 17.7 Å². The summed E-state index contributed by atoms with van der Waals surface area (Å²) in [5.74, 6) is -0.0112. The Balaban J connectivity index is 1.84. The zero-order chi connectivity index (χ0) is 15.1. The minimum atomic E-state index is -3.25. The molecule has 2 saturated heterocycles. The molecule has 1 amide bonds. The SMILES string of the molecule is CS(=O)(=O)N1CCCC12CCCN(C(=O)c1ccno1)C2. The standard InChI is InChI=1S/C13H19N3O4S/c1-21(18,19)16-9-3-6-13(16)5-2-8-15(10-13)12(17)11-4-7-14-20-11/h4,7H,2-3,5-6,8-10H2,1H3. The predicted octanol–water partition coefficient (Wildman–Crippen LogP) is 0.705. The van der Waals surface area contributed by atoms with Crippen LogP contribution >= 0.6 is 0 Å². The number of likely N-dealkylation sites (tertiary alicyclic amines) is 1. The Morgan fingerprint density at radius 1 is 1.33 bits per heavy atom. The van der Waals surface area contributed by atoms with Gasteiger partial charge in [-0.1, -0.05) is 5.16 Å². The molecular weight excluding hydrogens is 294 g/mol. The number of hydrogen-bond acceptors (Lipinski definition) is 5. The van der Waals surface area contributed by atoms with Crippen LogP contribution in [0.5, 0.6) is 0 Å². The van der Waals surface area contributed by atoms with Crippen LogP contribution in [0.2, 0.25) is 0 Å². The molecule has 2 aliphatic rings. The van der Waals surface area contributed by atoms with Gasteiger partial charge in [-0.3, -0.25) is 4.79 Å². The Bertz CT molecular complexity index is 628. The lowest BCUT2D eigenvalue weighted by atomic mass is 9.87. The summed E-state index contributed by atoms with van der Waals surface area (Å²) in [7, 11) is -3.25. The van der Waals surface area contributed by atoms with Crippen molar-refractivity contribution in [3.63, 3.8) is 0 Å². The van der Waals surface area contributed by atoms with Crippen molar-refractivity contribution in [1.29, 1.82) is 0 Å². The zero-order valence-electron chi connectivity index (χ0n) is 12.0.